The summed E-state index contributed by atoms with van der Waals surface area (Å²) in [5, 5.41) is 7.47. The predicted octanol–water partition coefficient (Wildman–Crippen LogP) is 6.57. The van der Waals surface area contributed by atoms with Crippen molar-refractivity contribution in [1.82, 2.24) is 9.97 Å². The van der Waals surface area contributed by atoms with Crippen LogP contribution >= 0.6 is 24.8 Å². The second-order valence-corrected chi connectivity index (χ2v) is 9.66. The zero-order chi connectivity index (χ0) is 26.7. The van der Waals surface area contributed by atoms with Gasteiger partial charge in [-0.1, -0.05) is 26.7 Å². The summed E-state index contributed by atoms with van der Waals surface area (Å²) in [5.74, 6) is -0.687. The number of halogens is 2. The Labute approximate surface area is 241 Å². The lowest BCUT2D eigenvalue weighted by molar-refractivity contribution is -0.138. The minimum absolute atomic E-state index is 0. The number of benzene rings is 2. The molecule has 0 bridgehead atoms. The molecule has 0 unspecified atom stereocenters. The Hall–Kier alpha value is -3.62. The highest BCUT2D eigenvalue weighted by Gasteiger charge is 2.44. The summed E-state index contributed by atoms with van der Waals surface area (Å²) in [7, 11) is 0. The first-order valence-electron chi connectivity index (χ1n) is 12.6. The first-order valence-corrected chi connectivity index (χ1v) is 12.6. The van der Waals surface area contributed by atoms with E-state index in [4.69, 9.17) is 11.5 Å². The molecule has 0 aliphatic carbocycles. The van der Waals surface area contributed by atoms with Crippen LogP contribution in [0.5, 0.6) is 0 Å². The van der Waals surface area contributed by atoms with Crippen LogP contribution in [0.15, 0.2) is 48.5 Å². The Bertz CT molecular complexity index is 1400. The van der Waals surface area contributed by atoms with Crippen LogP contribution in [-0.4, -0.2) is 21.8 Å². The number of nitrogens with zero attached hydrogens (tertiary/aromatic N) is 2. The van der Waals surface area contributed by atoms with Crippen molar-refractivity contribution in [1.29, 1.82) is 0 Å². The number of nitrogen functional groups attached to an aromatic ring is 2. The van der Waals surface area contributed by atoms with E-state index in [1.165, 1.54) is 0 Å². The van der Waals surface area contributed by atoms with Gasteiger partial charge in [0.15, 0.2) is 0 Å². The molecule has 39 heavy (non-hydrogen) atoms. The first-order chi connectivity index (χ1) is 17.7. The van der Waals surface area contributed by atoms with E-state index in [-0.39, 0.29) is 36.6 Å². The highest BCUT2D eigenvalue weighted by atomic mass is 35.5. The summed E-state index contributed by atoms with van der Waals surface area (Å²) < 4.78 is 0. The molecule has 2 amide bonds. The highest BCUT2D eigenvalue weighted by molar-refractivity contribution is 6.15. The Morgan fingerprint density at radius 1 is 0.718 bits per heavy atom. The Morgan fingerprint density at radius 2 is 1.10 bits per heavy atom. The maximum atomic E-state index is 13.8. The first kappa shape index (κ1) is 31.6. The molecule has 208 valence electrons. The van der Waals surface area contributed by atoms with Crippen LogP contribution in [0, 0.1) is 19.3 Å². The van der Waals surface area contributed by atoms with Gasteiger partial charge in [-0.05, 0) is 75.2 Å². The number of nitrogens with one attached hydrogen (secondary N) is 2. The number of anilines is 4. The molecule has 0 spiro atoms. The summed E-state index contributed by atoms with van der Waals surface area (Å²) in [5.41, 5.74) is 16.6. The molecule has 0 saturated heterocycles. The summed E-state index contributed by atoms with van der Waals surface area (Å²) in [4.78, 5) is 36.6. The molecule has 0 atom stereocenters. The number of fused-ring (bicyclic) bond motifs is 2. The summed E-state index contributed by atoms with van der Waals surface area (Å²) >= 11 is 0. The van der Waals surface area contributed by atoms with Crippen LogP contribution in [0.25, 0.3) is 21.8 Å². The number of rotatable bonds is 8. The average molecular weight is 572 g/mol. The Kier molecular flexibility index (Phi) is 10.5. The van der Waals surface area contributed by atoms with Gasteiger partial charge in [-0.15, -0.1) is 24.8 Å². The molecule has 2 aromatic heterocycles. The van der Waals surface area contributed by atoms with E-state index in [2.05, 4.69) is 20.6 Å². The van der Waals surface area contributed by atoms with Crippen molar-refractivity contribution >= 4 is 81.2 Å². The topological polar surface area (TPSA) is 136 Å². The smallest absolute Gasteiger partial charge is 0.240 e. The third-order valence-electron chi connectivity index (χ3n) is 6.68. The molecule has 2 aromatic carbocycles. The number of aromatic nitrogens is 2. The zero-order valence-corrected chi connectivity index (χ0v) is 24.3. The number of hydrogen-bond acceptors (Lipinski definition) is 6. The van der Waals surface area contributed by atoms with E-state index < -0.39 is 5.41 Å². The number of nitrogens with two attached hydrogens (primary N) is 2. The number of pyridine rings is 2. The number of amides is 2. The standard InChI is InChI=1S/C29H34N6O2.2ClH/c1-5-11-29(12-6-2,27(36)34-19-7-9-25-21(15-19)23(30)13-17(3)32-25)28(37)35-20-8-10-26-22(16-20)24(31)14-18(4)33-26;;/h7-10,13-16H,5-6,11-12H2,1-4H3,(H2,30,32)(H2,31,33)(H,34,36)(H,35,37);2*1H. The number of aryl methyl sites for hydroxylation is 2. The van der Waals surface area contributed by atoms with Crippen LogP contribution < -0.4 is 22.1 Å². The second-order valence-electron chi connectivity index (χ2n) is 9.66. The van der Waals surface area contributed by atoms with Crippen molar-refractivity contribution < 1.29 is 9.59 Å². The Balaban J connectivity index is 0.00000267. The zero-order valence-electron chi connectivity index (χ0n) is 22.6. The molecule has 2 heterocycles. The molecule has 4 aromatic rings. The minimum atomic E-state index is -1.25. The molecular formula is C29H36Cl2N6O2. The third kappa shape index (κ3) is 6.52. The van der Waals surface area contributed by atoms with E-state index in [9.17, 15) is 9.59 Å². The van der Waals surface area contributed by atoms with Gasteiger partial charge in [0.2, 0.25) is 11.8 Å². The van der Waals surface area contributed by atoms with E-state index >= 15 is 0 Å². The molecule has 8 nitrogen and oxygen atoms in total. The van der Waals surface area contributed by atoms with Gasteiger partial charge in [0.1, 0.15) is 5.41 Å². The molecule has 4 rings (SSSR count). The molecule has 6 N–H and O–H groups in total. The van der Waals surface area contributed by atoms with Gasteiger partial charge in [-0.3, -0.25) is 19.6 Å². The van der Waals surface area contributed by atoms with Crippen LogP contribution in [0.3, 0.4) is 0 Å². The SMILES string of the molecule is CCCC(CCC)(C(=O)Nc1ccc2nc(C)cc(N)c2c1)C(=O)Nc1ccc2nc(C)cc(N)c2c1.Cl.Cl. The second kappa shape index (κ2) is 13.0. The molecular weight excluding hydrogens is 535 g/mol. The lowest BCUT2D eigenvalue weighted by Gasteiger charge is -2.31. The van der Waals surface area contributed by atoms with Crippen molar-refractivity contribution in [3.8, 4) is 0 Å². The summed E-state index contributed by atoms with van der Waals surface area (Å²) in [6, 6.07) is 14.4. The maximum absolute atomic E-state index is 13.8. The molecule has 0 radical (unpaired) electrons. The molecule has 0 aliphatic rings. The monoisotopic (exact) mass is 570 g/mol. The van der Waals surface area contributed by atoms with Gasteiger partial charge in [0, 0.05) is 44.9 Å². The average Bonchev–Trinajstić information content (AvgIpc) is 2.84. The molecule has 10 heteroatoms. The fourth-order valence-electron chi connectivity index (χ4n) is 4.97. The Morgan fingerprint density at radius 3 is 1.46 bits per heavy atom. The molecule has 0 aliphatic heterocycles. The van der Waals surface area contributed by atoms with Gasteiger partial charge in [-0.2, -0.15) is 0 Å². The van der Waals surface area contributed by atoms with Crippen molar-refractivity contribution in [2.75, 3.05) is 22.1 Å². The fraction of sp³-hybridized carbons (Fsp3) is 0.310. The van der Waals surface area contributed by atoms with Gasteiger partial charge < -0.3 is 22.1 Å². The third-order valence-corrected chi connectivity index (χ3v) is 6.68. The number of carbonyl (C=O) groups excluding carboxylic acids is 2. The maximum Gasteiger partial charge on any atom is 0.240 e. The van der Waals surface area contributed by atoms with Crippen LogP contribution in [0.4, 0.5) is 22.7 Å². The lowest BCUT2D eigenvalue weighted by atomic mass is 9.77. The van der Waals surface area contributed by atoms with Crippen LogP contribution in [-0.2, 0) is 9.59 Å². The minimum Gasteiger partial charge on any atom is -0.398 e. The van der Waals surface area contributed by atoms with Crippen molar-refractivity contribution in [2.45, 2.75) is 53.4 Å². The van der Waals surface area contributed by atoms with Crippen molar-refractivity contribution in [3.63, 3.8) is 0 Å². The number of carbonyl (C=O) groups is 2. The van der Waals surface area contributed by atoms with E-state index in [1.54, 1.807) is 36.4 Å². The van der Waals surface area contributed by atoms with E-state index in [0.717, 1.165) is 33.2 Å². The quantitative estimate of drug-likeness (QED) is 0.177. The van der Waals surface area contributed by atoms with Crippen LogP contribution in [0.2, 0.25) is 0 Å². The van der Waals surface area contributed by atoms with Crippen LogP contribution in [0.1, 0.15) is 50.9 Å². The fourth-order valence-corrected chi connectivity index (χ4v) is 4.97. The van der Waals surface area contributed by atoms with Gasteiger partial charge >= 0.3 is 0 Å². The predicted molar refractivity (Wildman–Crippen MR) is 166 cm³/mol. The van der Waals surface area contributed by atoms with Gasteiger partial charge in [-0.25, -0.2) is 0 Å². The normalized spacial score (nSPS) is 11.0. The van der Waals surface area contributed by atoms with Crippen molar-refractivity contribution in [3.05, 3.63) is 59.9 Å². The molecule has 0 saturated carbocycles. The number of hydrogen-bond donors (Lipinski definition) is 4. The van der Waals surface area contributed by atoms with Crippen molar-refractivity contribution in [2.24, 2.45) is 5.41 Å². The van der Waals surface area contributed by atoms with E-state index in [0.29, 0.717) is 48.4 Å². The van der Waals surface area contributed by atoms with E-state index in [1.807, 2.05) is 39.8 Å². The van der Waals surface area contributed by atoms with Gasteiger partial charge in [0.05, 0.1) is 11.0 Å². The highest BCUT2D eigenvalue weighted by Crippen LogP contribution is 2.35. The largest absolute Gasteiger partial charge is 0.398 e. The van der Waals surface area contributed by atoms with Gasteiger partial charge in [0.25, 0.3) is 0 Å². The summed E-state index contributed by atoms with van der Waals surface area (Å²) in [6.07, 6.45) is 2.15. The molecule has 0 fully saturated rings. The lowest BCUT2D eigenvalue weighted by Crippen LogP contribution is -2.46. The summed E-state index contributed by atoms with van der Waals surface area (Å²) in [6.45, 7) is 7.71.